The predicted molar refractivity (Wildman–Crippen MR) is 154 cm³/mol. The molecule has 0 aliphatic carbocycles. The lowest BCUT2D eigenvalue weighted by molar-refractivity contribution is 0.103. The lowest BCUT2D eigenvalue weighted by Crippen LogP contribution is -2.25. The number of halogens is 1. The second-order valence-corrected chi connectivity index (χ2v) is 14.3. The van der Waals surface area contributed by atoms with Crippen molar-refractivity contribution >= 4 is 27.6 Å². The first kappa shape index (κ1) is 29.8. The fourth-order valence-corrected chi connectivity index (χ4v) is 5.67. The average molecular weight is 559 g/mol. The fraction of sp³-hybridized carbons (Fsp3) is 0.379. The number of hydrogen-bond acceptors (Lipinski definition) is 6. The van der Waals surface area contributed by atoms with Crippen LogP contribution in [0.1, 0.15) is 74.1 Å². The quantitative estimate of drug-likeness (QED) is 0.248. The molecule has 204 valence electrons. The maximum Gasteiger partial charge on any atom is 0.250 e. The monoisotopic (exact) mass is 558 g/mol. The molecule has 9 heteroatoms. The number of nitrogens with zero attached hydrogens (tertiary/aromatic N) is 1. The van der Waals surface area contributed by atoms with E-state index in [-0.39, 0.29) is 33.6 Å². The van der Waals surface area contributed by atoms with Crippen LogP contribution in [-0.4, -0.2) is 29.3 Å². The lowest BCUT2D eigenvalue weighted by atomic mass is 9.89. The van der Waals surface area contributed by atoms with E-state index < -0.39 is 15.7 Å². The zero-order valence-electron chi connectivity index (χ0n) is 22.7. The number of ketones is 1. The minimum Gasteiger partial charge on any atom is -0.318 e. The van der Waals surface area contributed by atoms with Crippen molar-refractivity contribution in [1.82, 2.24) is 9.29 Å². The standard InChI is InChI=1S/C29H35FN2O4S2/c1-7-26(31-37-29(3,4)5)24-16-27(33)32(6)17-25(24)23-15-19(18-38(35,36)8-2)9-14-22(23)28(34)20-10-12-21(30)13-11-20/h9-17,26,31H,7-8,18H2,1-6H3/t26-/m0/s1. The zero-order chi connectivity index (χ0) is 28.3. The summed E-state index contributed by atoms with van der Waals surface area (Å²) in [6.07, 6.45) is 2.37. The molecular weight excluding hydrogens is 523 g/mol. The Morgan fingerprint density at radius 2 is 1.71 bits per heavy atom. The first-order valence-electron chi connectivity index (χ1n) is 12.5. The van der Waals surface area contributed by atoms with Crippen LogP contribution >= 0.6 is 11.9 Å². The van der Waals surface area contributed by atoms with Crippen LogP contribution < -0.4 is 10.3 Å². The Labute approximate surface area is 228 Å². The highest BCUT2D eigenvalue weighted by Crippen LogP contribution is 2.35. The highest BCUT2D eigenvalue weighted by molar-refractivity contribution is 7.98. The highest BCUT2D eigenvalue weighted by atomic mass is 32.2. The number of carbonyl (C=O) groups excluding carboxylic acids is 1. The molecule has 1 heterocycles. The molecule has 38 heavy (non-hydrogen) atoms. The molecule has 0 saturated carbocycles. The molecule has 0 saturated heterocycles. The molecule has 3 aromatic rings. The number of benzene rings is 2. The van der Waals surface area contributed by atoms with Gasteiger partial charge in [-0.1, -0.05) is 37.9 Å². The number of pyridine rings is 1. The van der Waals surface area contributed by atoms with Crippen LogP contribution in [0.3, 0.4) is 0 Å². The molecular formula is C29H35FN2O4S2. The van der Waals surface area contributed by atoms with Gasteiger partial charge in [-0.3, -0.25) is 14.3 Å². The zero-order valence-corrected chi connectivity index (χ0v) is 24.3. The summed E-state index contributed by atoms with van der Waals surface area (Å²) in [5.41, 5.74) is 2.89. The Morgan fingerprint density at radius 1 is 1.05 bits per heavy atom. The molecule has 0 aliphatic rings. The summed E-state index contributed by atoms with van der Waals surface area (Å²) in [7, 11) is -1.69. The molecule has 0 bridgehead atoms. The Hall–Kier alpha value is -2.75. The van der Waals surface area contributed by atoms with Gasteiger partial charge in [-0.2, -0.15) is 0 Å². The third-order valence-corrected chi connectivity index (χ3v) is 8.77. The maximum atomic E-state index is 13.6. The number of aryl methyl sites for hydroxylation is 1. The maximum absolute atomic E-state index is 13.6. The summed E-state index contributed by atoms with van der Waals surface area (Å²) in [5, 5.41) is 0. The summed E-state index contributed by atoms with van der Waals surface area (Å²) in [6, 6.07) is 11.7. The molecule has 2 aromatic carbocycles. The largest absolute Gasteiger partial charge is 0.318 e. The predicted octanol–water partition coefficient (Wildman–Crippen LogP) is 5.84. The van der Waals surface area contributed by atoms with Crippen LogP contribution in [0.15, 0.2) is 59.5 Å². The van der Waals surface area contributed by atoms with Gasteiger partial charge < -0.3 is 4.57 Å². The number of carbonyl (C=O) groups is 1. The van der Waals surface area contributed by atoms with Crippen LogP contribution in [0.25, 0.3) is 11.1 Å². The number of hydrogen-bond donors (Lipinski definition) is 1. The molecule has 3 rings (SSSR count). The second kappa shape index (κ2) is 12.0. The van der Waals surface area contributed by atoms with Crippen molar-refractivity contribution in [2.45, 2.75) is 57.6 Å². The van der Waals surface area contributed by atoms with Gasteiger partial charge in [-0.25, -0.2) is 12.8 Å². The number of rotatable bonds is 10. The van der Waals surface area contributed by atoms with Gasteiger partial charge in [0, 0.05) is 52.5 Å². The van der Waals surface area contributed by atoms with E-state index in [9.17, 15) is 22.4 Å². The van der Waals surface area contributed by atoms with Crippen LogP contribution in [0.2, 0.25) is 0 Å². The highest BCUT2D eigenvalue weighted by Gasteiger charge is 2.24. The van der Waals surface area contributed by atoms with Gasteiger partial charge in [0.2, 0.25) is 0 Å². The molecule has 6 nitrogen and oxygen atoms in total. The molecule has 0 fully saturated rings. The Bertz CT molecular complexity index is 1470. The van der Waals surface area contributed by atoms with E-state index in [4.69, 9.17) is 0 Å². The summed E-state index contributed by atoms with van der Waals surface area (Å²) in [5.74, 6) is -0.946. The van der Waals surface area contributed by atoms with E-state index in [0.717, 1.165) is 5.56 Å². The third kappa shape index (κ3) is 7.42. The van der Waals surface area contributed by atoms with E-state index >= 15 is 0 Å². The third-order valence-electron chi connectivity index (χ3n) is 6.10. The SMILES string of the molecule is CC[C@H](NSC(C)(C)C)c1cc(=O)n(C)cc1-c1cc(CS(=O)(=O)CC)ccc1C(=O)c1ccc(F)cc1. The van der Waals surface area contributed by atoms with Crippen molar-refractivity contribution in [3.05, 3.63) is 93.2 Å². The summed E-state index contributed by atoms with van der Waals surface area (Å²) >= 11 is 1.56. The molecule has 0 unspecified atom stereocenters. The minimum absolute atomic E-state index is 0.00443. The Kier molecular flexibility index (Phi) is 9.39. The van der Waals surface area contributed by atoms with Crippen LogP contribution in [0, 0.1) is 5.82 Å². The normalized spacial score (nSPS) is 12.9. The van der Waals surface area contributed by atoms with E-state index in [2.05, 4.69) is 25.5 Å². The first-order valence-corrected chi connectivity index (χ1v) is 15.2. The van der Waals surface area contributed by atoms with E-state index in [1.807, 2.05) is 6.92 Å². The van der Waals surface area contributed by atoms with E-state index in [1.54, 1.807) is 56.4 Å². The molecule has 0 aliphatic heterocycles. The minimum atomic E-state index is -3.33. The van der Waals surface area contributed by atoms with Gasteiger partial charge in [0.1, 0.15) is 5.82 Å². The van der Waals surface area contributed by atoms with Crippen LogP contribution in [0.4, 0.5) is 4.39 Å². The summed E-state index contributed by atoms with van der Waals surface area (Å²) in [6.45, 7) is 9.85. The van der Waals surface area contributed by atoms with Gasteiger partial charge in [0.05, 0.1) is 5.75 Å². The number of aromatic nitrogens is 1. The number of nitrogens with one attached hydrogen (secondary N) is 1. The van der Waals surface area contributed by atoms with Gasteiger partial charge in [-0.15, -0.1) is 0 Å². The Balaban J connectivity index is 2.27. The van der Waals surface area contributed by atoms with Crippen LogP contribution in [-0.2, 0) is 22.6 Å². The summed E-state index contributed by atoms with van der Waals surface area (Å²) in [4.78, 5) is 26.4. The van der Waals surface area contributed by atoms with Gasteiger partial charge in [0.25, 0.3) is 5.56 Å². The molecule has 0 spiro atoms. The molecule has 1 aromatic heterocycles. The van der Waals surface area contributed by atoms with Crippen molar-refractivity contribution in [2.75, 3.05) is 5.75 Å². The summed E-state index contributed by atoms with van der Waals surface area (Å²) < 4.78 is 43.3. The molecule has 1 N–H and O–H groups in total. The van der Waals surface area contributed by atoms with Gasteiger partial charge in [0.15, 0.2) is 15.6 Å². The molecule has 0 amide bonds. The van der Waals surface area contributed by atoms with Crippen molar-refractivity contribution in [3.8, 4) is 11.1 Å². The van der Waals surface area contributed by atoms with Crippen molar-refractivity contribution in [1.29, 1.82) is 0 Å². The van der Waals surface area contributed by atoms with E-state index in [0.29, 0.717) is 34.2 Å². The van der Waals surface area contributed by atoms with Crippen molar-refractivity contribution in [3.63, 3.8) is 0 Å². The molecule has 1 atom stereocenters. The first-order chi connectivity index (χ1) is 17.7. The van der Waals surface area contributed by atoms with Gasteiger partial charge >= 0.3 is 0 Å². The van der Waals surface area contributed by atoms with Crippen LogP contribution in [0.5, 0.6) is 0 Å². The fourth-order valence-electron chi connectivity index (χ4n) is 3.99. The Morgan fingerprint density at radius 3 is 2.29 bits per heavy atom. The van der Waals surface area contributed by atoms with Gasteiger partial charge in [-0.05, 0) is 74.2 Å². The van der Waals surface area contributed by atoms with E-state index in [1.165, 1.54) is 28.8 Å². The topological polar surface area (TPSA) is 85.2 Å². The number of sulfone groups is 1. The lowest BCUT2D eigenvalue weighted by Gasteiger charge is -2.26. The van der Waals surface area contributed by atoms with Crippen molar-refractivity contribution in [2.24, 2.45) is 7.05 Å². The smallest absolute Gasteiger partial charge is 0.250 e. The average Bonchev–Trinajstić information content (AvgIpc) is 2.85. The van der Waals surface area contributed by atoms with Crippen molar-refractivity contribution < 1.29 is 17.6 Å². The second-order valence-electron chi connectivity index (χ2n) is 10.3. The molecule has 0 radical (unpaired) electrons.